The molecule has 0 fully saturated rings. The summed E-state index contributed by atoms with van der Waals surface area (Å²) in [6, 6.07) is 9.80. The third kappa shape index (κ3) is 3.45. The Balaban J connectivity index is 1.99. The zero-order valence-electron chi connectivity index (χ0n) is 10.0. The molecule has 0 radical (unpaired) electrons. The lowest BCUT2D eigenvalue weighted by molar-refractivity contribution is 0.574. The summed E-state index contributed by atoms with van der Waals surface area (Å²) in [7, 11) is 0. The number of nitrogens with one attached hydrogen (secondary N) is 1. The first-order valence-electron chi connectivity index (χ1n) is 5.74. The fourth-order valence-electron chi connectivity index (χ4n) is 1.70. The van der Waals surface area contributed by atoms with Crippen LogP contribution in [-0.2, 0) is 6.54 Å². The lowest BCUT2D eigenvalue weighted by Crippen LogP contribution is -2.18. The minimum Gasteiger partial charge on any atom is -0.306 e. The van der Waals surface area contributed by atoms with Gasteiger partial charge in [-0.1, -0.05) is 29.3 Å². The monoisotopic (exact) mass is 280 g/mol. The van der Waals surface area contributed by atoms with Crippen molar-refractivity contribution < 1.29 is 0 Å². The normalized spacial score (nSPS) is 12.4. The molecule has 94 valence electrons. The lowest BCUT2D eigenvalue weighted by atomic mass is 10.1. The molecule has 0 amide bonds. The van der Waals surface area contributed by atoms with E-state index in [1.807, 2.05) is 24.3 Å². The first kappa shape index (κ1) is 13.3. The number of hydrogen-bond donors (Lipinski definition) is 1. The Morgan fingerprint density at radius 3 is 2.56 bits per heavy atom. The molecule has 1 unspecified atom stereocenters. The Morgan fingerprint density at radius 2 is 1.89 bits per heavy atom. The van der Waals surface area contributed by atoms with Crippen LogP contribution in [0.2, 0.25) is 10.0 Å². The molecule has 2 nitrogen and oxygen atoms in total. The summed E-state index contributed by atoms with van der Waals surface area (Å²) in [5, 5.41) is 4.77. The highest BCUT2D eigenvalue weighted by molar-refractivity contribution is 6.35. The highest BCUT2D eigenvalue weighted by atomic mass is 35.5. The highest BCUT2D eigenvalue weighted by Gasteiger charge is 2.06. The van der Waals surface area contributed by atoms with E-state index in [1.165, 1.54) is 5.56 Å². The van der Waals surface area contributed by atoms with E-state index in [-0.39, 0.29) is 6.04 Å². The molecule has 1 N–H and O–H groups in total. The van der Waals surface area contributed by atoms with Gasteiger partial charge in [-0.15, -0.1) is 0 Å². The maximum Gasteiger partial charge on any atom is 0.0465 e. The smallest absolute Gasteiger partial charge is 0.0465 e. The Labute approximate surface area is 117 Å². The number of pyridine rings is 1. The van der Waals surface area contributed by atoms with E-state index in [0.717, 1.165) is 5.56 Å². The van der Waals surface area contributed by atoms with Crippen molar-refractivity contribution in [1.82, 2.24) is 10.3 Å². The maximum absolute atomic E-state index is 6.12. The molecule has 1 aromatic carbocycles. The molecule has 1 heterocycles. The Morgan fingerprint density at radius 1 is 1.17 bits per heavy atom. The summed E-state index contributed by atoms with van der Waals surface area (Å²) in [5.41, 5.74) is 2.25. The summed E-state index contributed by atoms with van der Waals surface area (Å²) in [6.07, 6.45) is 3.59. The van der Waals surface area contributed by atoms with E-state index < -0.39 is 0 Å². The third-order valence-electron chi connectivity index (χ3n) is 2.82. The predicted octanol–water partition coefficient (Wildman–Crippen LogP) is 4.24. The highest BCUT2D eigenvalue weighted by Crippen LogP contribution is 2.21. The summed E-state index contributed by atoms with van der Waals surface area (Å²) in [5.74, 6) is 0. The average molecular weight is 281 g/mol. The van der Waals surface area contributed by atoms with E-state index in [0.29, 0.717) is 16.6 Å². The van der Waals surface area contributed by atoms with Crippen LogP contribution < -0.4 is 5.32 Å². The number of rotatable bonds is 4. The van der Waals surface area contributed by atoms with Crippen molar-refractivity contribution >= 4 is 23.2 Å². The zero-order chi connectivity index (χ0) is 13.0. The molecule has 0 aliphatic carbocycles. The van der Waals surface area contributed by atoms with Crippen LogP contribution in [0.3, 0.4) is 0 Å². The molecule has 2 aromatic rings. The van der Waals surface area contributed by atoms with E-state index in [2.05, 4.69) is 17.2 Å². The van der Waals surface area contributed by atoms with Crippen molar-refractivity contribution in [2.75, 3.05) is 0 Å². The van der Waals surface area contributed by atoms with Crippen molar-refractivity contribution in [2.24, 2.45) is 0 Å². The second-order valence-electron chi connectivity index (χ2n) is 4.12. The predicted molar refractivity (Wildman–Crippen MR) is 76.0 cm³/mol. The standard InChI is InChI=1S/C14H14Cl2N2/c1-10(11-4-6-17-7-5-11)18-9-12-2-3-13(15)8-14(12)16/h2-8,10,18H,9H2,1H3. The van der Waals surface area contributed by atoms with Crippen molar-refractivity contribution in [3.8, 4) is 0 Å². The SMILES string of the molecule is CC(NCc1ccc(Cl)cc1Cl)c1ccncc1. The summed E-state index contributed by atoms with van der Waals surface area (Å²) < 4.78 is 0. The molecule has 1 aromatic heterocycles. The van der Waals surface area contributed by atoms with Gasteiger partial charge in [-0.2, -0.15) is 0 Å². The molecular formula is C14H14Cl2N2. The third-order valence-corrected chi connectivity index (χ3v) is 3.41. The zero-order valence-corrected chi connectivity index (χ0v) is 11.5. The second-order valence-corrected chi connectivity index (χ2v) is 4.96. The van der Waals surface area contributed by atoms with Gasteiger partial charge in [0.2, 0.25) is 0 Å². The Kier molecular flexibility index (Phi) is 4.59. The van der Waals surface area contributed by atoms with Gasteiger partial charge in [0.15, 0.2) is 0 Å². The summed E-state index contributed by atoms with van der Waals surface area (Å²) in [6.45, 7) is 2.82. The fourth-order valence-corrected chi connectivity index (χ4v) is 2.17. The van der Waals surface area contributed by atoms with Crippen LogP contribution in [0.15, 0.2) is 42.7 Å². The van der Waals surface area contributed by atoms with Gasteiger partial charge in [-0.25, -0.2) is 0 Å². The first-order chi connectivity index (χ1) is 8.66. The van der Waals surface area contributed by atoms with E-state index in [9.17, 15) is 0 Å². The number of halogens is 2. The van der Waals surface area contributed by atoms with Gasteiger partial charge in [0, 0.05) is 35.0 Å². The number of benzene rings is 1. The maximum atomic E-state index is 6.12. The second kappa shape index (κ2) is 6.19. The summed E-state index contributed by atoms with van der Waals surface area (Å²) in [4.78, 5) is 4.01. The van der Waals surface area contributed by atoms with Crippen LogP contribution >= 0.6 is 23.2 Å². The Bertz CT molecular complexity index is 514. The largest absolute Gasteiger partial charge is 0.306 e. The van der Waals surface area contributed by atoms with Crippen LogP contribution in [0.5, 0.6) is 0 Å². The van der Waals surface area contributed by atoms with Gasteiger partial charge in [0.25, 0.3) is 0 Å². The molecule has 1 atom stereocenters. The molecule has 2 rings (SSSR count). The molecule has 0 aliphatic rings. The fraction of sp³-hybridized carbons (Fsp3) is 0.214. The quantitative estimate of drug-likeness (QED) is 0.906. The summed E-state index contributed by atoms with van der Waals surface area (Å²) >= 11 is 12.0. The molecule has 0 saturated carbocycles. The topological polar surface area (TPSA) is 24.9 Å². The van der Waals surface area contributed by atoms with Crippen molar-refractivity contribution in [3.63, 3.8) is 0 Å². The van der Waals surface area contributed by atoms with Gasteiger partial charge in [-0.3, -0.25) is 4.98 Å². The number of hydrogen-bond acceptors (Lipinski definition) is 2. The molecule has 4 heteroatoms. The van der Waals surface area contributed by atoms with Gasteiger partial charge in [-0.05, 0) is 42.3 Å². The van der Waals surface area contributed by atoms with Crippen molar-refractivity contribution in [3.05, 3.63) is 63.9 Å². The van der Waals surface area contributed by atoms with Gasteiger partial charge in [0.05, 0.1) is 0 Å². The molecular weight excluding hydrogens is 267 g/mol. The molecule has 0 saturated heterocycles. The van der Waals surface area contributed by atoms with Crippen molar-refractivity contribution in [2.45, 2.75) is 19.5 Å². The van der Waals surface area contributed by atoms with Gasteiger partial charge < -0.3 is 5.32 Å². The number of aromatic nitrogens is 1. The molecule has 0 aliphatic heterocycles. The minimum atomic E-state index is 0.250. The van der Waals surface area contributed by atoms with Crippen LogP contribution in [0.1, 0.15) is 24.1 Å². The van der Waals surface area contributed by atoms with Crippen molar-refractivity contribution in [1.29, 1.82) is 0 Å². The van der Waals surface area contributed by atoms with Crippen LogP contribution in [0, 0.1) is 0 Å². The van der Waals surface area contributed by atoms with Crippen LogP contribution in [-0.4, -0.2) is 4.98 Å². The van der Waals surface area contributed by atoms with Crippen LogP contribution in [0.25, 0.3) is 0 Å². The number of nitrogens with zero attached hydrogens (tertiary/aromatic N) is 1. The molecule has 0 bridgehead atoms. The Hall–Kier alpha value is -1.09. The molecule has 18 heavy (non-hydrogen) atoms. The van der Waals surface area contributed by atoms with E-state index in [4.69, 9.17) is 23.2 Å². The molecule has 0 spiro atoms. The van der Waals surface area contributed by atoms with E-state index >= 15 is 0 Å². The van der Waals surface area contributed by atoms with Crippen LogP contribution in [0.4, 0.5) is 0 Å². The van der Waals surface area contributed by atoms with Gasteiger partial charge in [0.1, 0.15) is 0 Å². The van der Waals surface area contributed by atoms with Gasteiger partial charge >= 0.3 is 0 Å². The van der Waals surface area contributed by atoms with E-state index in [1.54, 1.807) is 18.5 Å². The first-order valence-corrected chi connectivity index (χ1v) is 6.49. The lowest BCUT2D eigenvalue weighted by Gasteiger charge is -2.14. The minimum absolute atomic E-state index is 0.250. The average Bonchev–Trinajstić information content (AvgIpc) is 2.38.